The fourth-order valence-electron chi connectivity index (χ4n) is 1.65. The van der Waals surface area contributed by atoms with E-state index in [1.54, 1.807) is 25.7 Å². The van der Waals surface area contributed by atoms with Crippen LogP contribution in [0.3, 0.4) is 0 Å². The van der Waals surface area contributed by atoms with Crippen LogP contribution in [0.5, 0.6) is 0 Å². The Labute approximate surface area is 126 Å². The molecule has 0 aliphatic rings. The van der Waals surface area contributed by atoms with Crippen molar-refractivity contribution >= 4 is 37.3 Å². The molecule has 1 unspecified atom stereocenters. The molecule has 0 fully saturated rings. The van der Waals surface area contributed by atoms with E-state index in [0.29, 0.717) is 28.4 Å². The summed E-state index contributed by atoms with van der Waals surface area (Å²) < 4.78 is 37.6. The van der Waals surface area contributed by atoms with Crippen molar-refractivity contribution in [2.24, 2.45) is 0 Å². The van der Waals surface area contributed by atoms with Gasteiger partial charge in [-0.25, -0.2) is 8.42 Å². The fraction of sp³-hybridized carbons (Fsp3) is 0.636. The maximum atomic E-state index is 12.6. The van der Waals surface area contributed by atoms with Crippen LogP contribution >= 0.6 is 27.3 Å². The van der Waals surface area contributed by atoms with Gasteiger partial charge in [0.1, 0.15) is 4.21 Å². The van der Waals surface area contributed by atoms with E-state index in [0.717, 1.165) is 0 Å². The molecule has 1 heterocycles. The van der Waals surface area contributed by atoms with Crippen LogP contribution in [0.2, 0.25) is 0 Å². The van der Waals surface area contributed by atoms with Gasteiger partial charge in [0.15, 0.2) is 0 Å². The standard InChI is InChI=1S/C11H18BrNO4S2/c1-9(8-17-3)13(5-6-16-2)19(14,15)11-10(12)4-7-18-11/h4,7,9H,5-6,8H2,1-3H3. The third-order valence-electron chi connectivity index (χ3n) is 2.54. The third kappa shape index (κ3) is 4.24. The van der Waals surface area contributed by atoms with Crippen molar-refractivity contribution in [2.75, 3.05) is 34.0 Å². The van der Waals surface area contributed by atoms with Gasteiger partial charge in [0.05, 0.1) is 13.2 Å². The second-order valence-electron chi connectivity index (χ2n) is 3.97. The summed E-state index contributed by atoms with van der Waals surface area (Å²) in [6.07, 6.45) is 0. The molecule has 0 aliphatic heterocycles. The zero-order valence-electron chi connectivity index (χ0n) is 11.1. The lowest BCUT2D eigenvalue weighted by molar-refractivity contribution is 0.119. The van der Waals surface area contributed by atoms with Crippen molar-refractivity contribution in [3.05, 3.63) is 15.9 Å². The molecule has 0 saturated heterocycles. The number of hydrogen-bond donors (Lipinski definition) is 0. The summed E-state index contributed by atoms with van der Waals surface area (Å²) in [5.74, 6) is 0. The molecular weight excluding hydrogens is 354 g/mol. The van der Waals surface area contributed by atoms with E-state index in [1.165, 1.54) is 15.6 Å². The van der Waals surface area contributed by atoms with Gasteiger partial charge in [0.2, 0.25) is 0 Å². The molecule has 0 amide bonds. The van der Waals surface area contributed by atoms with Gasteiger partial charge in [-0.2, -0.15) is 4.31 Å². The first-order chi connectivity index (χ1) is 8.95. The van der Waals surface area contributed by atoms with Gasteiger partial charge >= 0.3 is 0 Å². The highest BCUT2D eigenvalue weighted by Gasteiger charge is 2.31. The molecule has 0 aliphatic carbocycles. The van der Waals surface area contributed by atoms with E-state index in [2.05, 4.69) is 15.9 Å². The lowest BCUT2D eigenvalue weighted by Crippen LogP contribution is -2.42. The van der Waals surface area contributed by atoms with Gasteiger partial charge in [-0.3, -0.25) is 0 Å². The number of rotatable bonds is 8. The zero-order valence-corrected chi connectivity index (χ0v) is 14.3. The van der Waals surface area contributed by atoms with Gasteiger partial charge in [-0.1, -0.05) is 0 Å². The molecule has 1 aromatic heterocycles. The van der Waals surface area contributed by atoms with Crippen LogP contribution in [-0.2, 0) is 19.5 Å². The van der Waals surface area contributed by atoms with E-state index in [4.69, 9.17) is 9.47 Å². The van der Waals surface area contributed by atoms with Crippen molar-refractivity contribution in [2.45, 2.75) is 17.2 Å². The van der Waals surface area contributed by atoms with Gasteiger partial charge < -0.3 is 9.47 Å². The van der Waals surface area contributed by atoms with Crippen LogP contribution in [0.1, 0.15) is 6.92 Å². The molecule has 5 nitrogen and oxygen atoms in total. The van der Waals surface area contributed by atoms with Crippen molar-refractivity contribution < 1.29 is 17.9 Å². The average Bonchev–Trinajstić information content (AvgIpc) is 2.76. The average molecular weight is 372 g/mol. The van der Waals surface area contributed by atoms with Crippen molar-refractivity contribution in [1.82, 2.24) is 4.31 Å². The van der Waals surface area contributed by atoms with E-state index in [1.807, 2.05) is 6.92 Å². The largest absolute Gasteiger partial charge is 0.383 e. The highest BCUT2D eigenvalue weighted by atomic mass is 79.9. The number of ether oxygens (including phenoxy) is 2. The molecule has 0 N–H and O–H groups in total. The van der Waals surface area contributed by atoms with E-state index < -0.39 is 10.0 Å². The Balaban J connectivity index is 3.05. The predicted octanol–water partition coefficient (Wildman–Crippen LogP) is 2.18. The van der Waals surface area contributed by atoms with Crippen LogP contribution in [0.4, 0.5) is 0 Å². The number of thiophene rings is 1. The monoisotopic (exact) mass is 371 g/mol. The molecule has 1 aromatic rings. The maximum Gasteiger partial charge on any atom is 0.254 e. The topological polar surface area (TPSA) is 55.8 Å². The molecule has 8 heteroatoms. The first-order valence-corrected chi connectivity index (χ1v) is 8.79. The minimum atomic E-state index is -3.54. The van der Waals surface area contributed by atoms with Crippen LogP contribution in [-0.4, -0.2) is 52.7 Å². The fourth-order valence-corrected chi connectivity index (χ4v) is 5.68. The summed E-state index contributed by atoms with van der Waals surface area (Å²) in [5, 5.41) is 1.74. The Morgan fingerprint density at radius 1 is 1.42 bits per heavy atom. The van der Waals surface area contributed by atoms with Crippen molar-refractivity contribution in [1.29, 1.82) is 0 Å². The van der Waals surface area contributed by atoms with Crippen molar-refractivity contribution in [3.63, 3.8) is 0 Å². The quantitative estimate of drug-likeness (QED) is 0.702. The Morgan fingerprint density at radius 3 is 2.58 bits per heavy atom. The number of halogens is 1. The lowest BCUT2D eigenvalue weighted by atomic mass is 10.3. The molecule has 0 spiro atoms. The predicted molar refractivity (Wildman–Crippen MR) is 79.1 cm³/mol. The van der Waals surface area contributed by atoms with E-state index in [9.17, 15) is 8.42 Å². The van der Waals surface area contributed by atoms with Gasteiger partial charge in [0.25, 0.3) is 10.0 Å². The van der Waals surface area contributed by atoms with Crippen LogP contribution in [0, 0.1) is 0 Å². The Hall–Kier alpha value is 0.01000. The molecule has 0 saturated carbocycles. The zero-order chi connectivity index (χ0) is 14.5. The Bertz CT molecular complexity index is 489. The summed E-state index contributed by atoms with van der Waals surface area (Å²) in [7, 11) is -0.434. The normalized spacial score (nSPS) is 13.9. The minimum Gasteiger partial charge on any atom is -0.383 e. The molecule has 1 atom stereocenters. The van der Waals surface area contributed by atoms with Crippen LogP contribution in [0.15, 0.2) is 20.1 Å². The summed E-state index contributed by atoms with van der Waals surface area (Å²) in [5.41, 5.74) is 0. The molecule has 0 aromatic carbocycles. The molecular formula is C11H18BrNO4S2. The number of hydrogen-bond acceptors (Lipinski definition) is 5. The molecule has 1 rings (SSSR count). The highest BCUT2D eigenvalue weighted by Crippen LogP contribution is 2.31. The maximum absolute atomic E-state index is 12.6. The summed E-state index contributed by atoms with van der Waals surface area (Å²) >= 11 is 4.46. The summed E-state index contributed by atoms with van der Waals surface area (Å²) in [4.78, 5) is 0. The molecule has 110 valence electrons. The van der Waals surface area contributed by atoms with Crippen LogP contribution in [0.25, 0.3) is 0 Å². The summed E-state index contributed by atoms with van der Waals surface area (Å²) in [6, 6.07) is 1.48. The highest BCUT2D eigenvalue weighted by molar-refractivity contribution is 9.10. The Kier molecular flexibility index (Phi) is 6.92. The van der Waals surface area contributed by atoms with Gasteiger partial charge in [-0.05, 0) is 34.3 Å². The second-order valence-corrected chi connectivity index (χ2v) is 7.83. The smallest absolute Gasteiger partial charge is 0.254 e. The third-order valence-corrected chi connectivity index (χ3v) is 7.20. The molecule has 0 bridgehead atoms. The van der Waals surface area contributed by atoms with Crippen molar-refractivity contribution in [3.8, 4) is 0 Å². The van der Waals surface area contributed by atoms with E-state index in [-0.39, 0.29) is 6.04 Å². The van der Waals surface area contributed by atoms with Gasteiger partial charge in [0, 0.05) is 31.3 Å². The SMILES string of the molecule is COCCN(C(C)COC)S(=O)(=O)c1sccc1Br. The van der Waals surface area contributed by atoms with E-state index >= 15 is 0 Å². The molecule has 19 heavy (non-hydrogen) atoms. The summed E-state index contributed by atoms with van der Waals surface area (Å²) in [6.45, 7) is 2.80. The second kappa shape index (κ2) is 7.70. The number of methoxy groups -OCH3 is 2. The van der Waals surface area contributed by atoms with Gasteiger partial charge in [-0.15, -0.1) is 11.3 Å². The Morgan fingerprint density at radius 2 is 2.11 bits per heavy atom. The lowest BCUT2D eigenvalue weighted by Gasteiger charge is -2.27. The number of nitrogens with zero attached hydrogens (tertiary/aromatic N) is 1. The first kappa shape index (κ1) is 17.1. The first-order valence-electron chi connectivity index (χ1n) is 5.67. The minimum absolute atomic E-state index is 0.251. The van der Waals surface area contributed by atoms with Crippen LogP contribution < -0.4 is 0 Å². The molecule has 0 radical (unpaired) electrons. The number of sulfonamides is 1.